The fourth-order valence-corrected chi connectivity index (χ4v) is 4.16. The van der Waals surface area contributed by atoms with Gasteiger partial charge in [-0.2, -0.15) is 4.98 Å². The molecule has 0 spiro atoms. The van der Waals surface area contributed by atoms with Gasteiger partial charge in [0.1, 0.15) is 28.2 Å². The molecule has 0 aliphatic carbocycles. The third-order valence-electron chi connectivity index (χ3n) is 5.39. The molecule has 0 fully saturated rings. The van der Waals surface area contributed by atoms with Gasteiger partial charge in [-0.25, -0.2) is 4.98 Å². The van der Waals surface area contributed by atoms with Gasteiger partial charge < -0.3 is 26.3 Å². The topological polar surface area (TPSA) is 142 Å². The normalized spacial score (nSPS) is 13.6. The number of benzene rings is 1. The monoisotopic (exact) mass is 533 g/mol. The standard InChI is InChI=1S/C27H40ClN5O4/c1-8-18(21-22(28)32-25(30)33-23(21)29)17-11-9-16(10-12-17)15-31-19(24(35)37-27(5,6)7)13-14-20(34)36-26(2,3)4/h9-12,18-19,31H,8,13-15H2,1-7H3,(H4,29,30,32,33)/t18?,19-/m0/s1. The largest absolute Gasteiger partial charge is 0.460 e. The summed E-state index contributed by atoms with van der Waals surface area (Å²) < 4.78 is 11.0. The number of hydrogen-bond acceptors (Lipinski definition) is 9. The summed E-state index contributed by atoms with van der Waals surface area (Å²) in [6.45, 7) is 13.3. The van der Waals surface area contributed by atoms with Gasteiger partial charge in [-0.05, 0) is 65.5 Å². The molecule has 0 saturated carbocycles. The molecule has 0 bridgehead atoms. The van der Waals surface area contributed by atoms with E-state index in [1.54, 1.807) is 0 Å². The molecule has 0 aliphatic heterocycles. The third kappa shape index (κ3) is 9.81. The van der Waals surface area contributed by atoms with Crippen LogP contribution in [0.25, 0.3) is 0 Å². The van der Waals surface area contributed by atoms with Crippen LogP contribution < -0.4 is 16.8 Å². The molecule has 1 aromatic heterocycles. The summed E-state index contributed by atoms with van der Waals surface area (Å²) in [6, 6.07) is 7.24. The highest BCUT2D eigenvalue weighted by Crippen LogP contribution is 2.35. The first-order chi connectivity index (χ1) is 17.1. The highest BCUT2D eigenvalue weighted by Gasteiger charge is 2.27. The molecule has 9 nitrogen and oxygen atoms in total. The number of aromatic nitrogens is 2. The molecule has 0 saturated heterocycles. The van der Waals surface area contributed by atoms with Crippen LogP contribution in [0, 0.1) is 0 Å². The highest BCUT2D eigenvalue weighted by molar-refractivity contribution is 6.30. The number of rotatable bonds is 10. The van der Waals surface area contributed by atoms with Gasteiger partial charge in [0.2, 0.25) is 5.95 Å². The molecule has 5 N–H and O–H groups in total. The lowest BCUT2D eigenvalue weighted by molar-refractivity contribution is -0.158. The van der Waals surface area contributed by atoms with Crippen molar-refractivity contribution < 1.29 is 19.1 Å². The number of halogens is 1. The number of hydrogen-bond donors (Lipinski definition) is 3. The average molecular weight is 534 g/mol. The predicted molar refractivity (Wildman–Crippen MR) is 146 cm³/mol. The first kappa shape index (κ1) is 30.3. The first-order valence-electron chi connectivity index (χ1n) is 12.4. The van der Waals surface area contributed by atoms with Crippen molar-refractivity contribution in [1.29, 1.82) is 0 Å². The maximum atomic E-state index is 12.8. The SMILES string of the molecule is CCC(c1ccc(CN[C@@H](CCC(=O)OC(C)(C)C)C(=O)OC(C)(C)C)cc1)c1c(N)nc(N)nc1Cl. The van der Waals surface area contributed by atoms with Gasteiger partial charge >= 0.3 is 11.9 Å². The van der Waals surface area contributed by atoms with Crippen LogP contribution in [0.5, 0.6) is 0 Å². The lowest BCUT2D eigenvalue weighted by atomic mass is 9.89. The zero-order valence-corrected chi connectivity index (χ0v) is 23.6. The van der Waals surface area contributed by atoms with Gasteiger partial charge in [0.05, 0.1) is 0 Å². The van der Waals surface area contributed by atoms with Gasteiger partial charge in [0.25, 0.3) is 0 Å². The van der Waals surface area contributed by atoms with Crippen LogP contribution in [0.2, 0.25) is 5.15 Å². The number of nitrogens with zero attached hydrogens (tertiary/aromatic N) is 2. The summed E-state index contributed by atoms with van der Waals surface area (Å²) >= 11 is 6.34. The fraction of sp³-hybridized carbons (Fsp3) is 0.556. The molecule has 10 heteroatoms. The van der Waals surface area contributed by atoms with E-state index < -0.39 is 23.2 Å². The molecule has 0 radical (unpaired) electrons. The zero-order chi connectivity index (χ0) is 28.0. The zero-order valence-electron chi connectivity index (χ0n) is 22.9. The van der Waals surface area contributed by atoms with E-state index in [-0.39, 0.29) is 41.6 Å². The molecule has 1 unspecified atom stereocenters. The molecular weight excluding hydrogens is 494 g/mol. The van der Waals surface area contributed by atoms with Gasteiger partial charge in [-0.1, -0.05) is 42.8 Å². The predicted octanol–water partition coefficient (Wildman–Crippen LogP) is 4.76. The van der Waals surface area contributed by atoms with Crippen molar-refractivity contribution in [2.75, 3.05) is 11.5 Å². The molecule has 2 aromatic rings. The van der Waals surface area contributed by atoms with E-state index in [9.17, 15) is 9.59 Å². The Morgan fingerprint density at radius 3 is 2.11 bits per heavy atom. The summed E-state index contributed by atoms with van der Waals surface area (Å²) in [5.41, 5.74) is 13.1. The molecule has 2 rings (SSSR count). The van der Waals surface area contributed by atoms with Crippen LogP contribution in [-0.2, 0) is 25.6 Å². The van der Waals surface area contributed by atoms with Crippen LogP contribution in [0.4, 0.5) is 11.8 Å². The van der Waals surface area contributed by atoms with Gasteiger partial charge in [-0.3, -0.25) is 9.59 Å². The number of carbonyl (C=O) groups excluding carboxylic acids is 2. The van der Waals surface area contributed by atoms with Crippen LogP contribution >= 0.6 is 11.6 Å². The number of nitrogens with one attached hydrogen (secondary N) is 1. The van der Waals surface area contributed by atoms with Gasteiger partial charge in [0, 0.05) is 24.4 Å². The fourth-order valence-electron chi connectivity index (χ4n) is 3.84. The smallest absolute Gasteiger partial charge is 0.323 e. The summed E-state index contributed by atoms with van der Waals surface area (Å²) in [4.78, 5) is 33.2. The second kappa shape index (κ2) is 12.6. The number of ether oxygens (including phenoxy) is 2. The van der Waals surface area contributed by atoms with Gasteiger partial charge in [-0.15, -0.1) is 0 Å². The lowest BCUT2D eigenvalue weighted by Gasteiger charge is -2.25. The van der Waals surface area contributed by atoms with E-state index in [1.807, 2.05) is 72.7 Å². The van der Waals surface area contributed by atoms with Crippen LogP contribution in [-0.4, -0.2) is 39.2 Å². The Labute approximate surface area is 224 Å². The van der Waals surface area contributed by atoms with Crippen molar-refractivity contribution in [2.45, 2.75) is 97.4 Å². The van der Waals surface area contributed by atoms with Crippen molar-refractivity contribution in [3.8, 4) is 0 Å². The minimum atomic E-state index is -0.666. The molecule has 0 amide bonds. The highest BCUT2D eigenvalue weighted by atomic mass is 35.5. The Kier molecular flexibility index (Phi) is 10.3. The Morgan fingerprint density at radius 1 is 1.00 bits per heavy atom. The summed E-state index contributed by atoms with van der Waals surface area (Å²) in [5, 5.41) is 3.48. The summed E-state index contributed by atoms with van der Waals surface area (Å²) in [6.07, 6.45) is 1.09. The van der Waals surface area contributed by atoms with E-state index in [1.165, 1.54) is 0 Å². The van der Waals surface area contributed by atoms with E-state index in [2.05, 4.69) is 15.3 Å². The van der Waals surface area contributed by atoms with Crippen molar-refractivity contribution in [1.82, 2.24) is 15.3 Å². The number of nitrogen functional groups attached to an aromatic ring is 2. The minimum absolute atomic E-state index is 0.0359. The molecular formula is C27H40ClN5O4. The quantitative estimate of drug-likeness (QED) is 0.291. The second-order valence-corrected chi connectivity index (χ2v) is 11.3. The molecule has 0 aliphatic rings. The van der Waals surface area contributed by atoms with Crippen LogP contribution in [0.3, 0.4) is 0 Å². The third-order valence-corrected chi connectivity index (χ3v) is 5.67. The Bertz CT molecular complexity index is 1050. The molecule has 37 heavy (non-hydrogen) atoms. The van der Waals surface area contributed by atoms with Crippen molar-refractivity contribution in [3.05, 3.63) is 46.1 Å². The van der Waals surface area contributed by atoms with Crippen molar-refractivity contribution >= 4 is 35.3 Å². The minimum Gasteiger partial charge on any atom is -0.460 e. The van der Waals surface area contributed by atoms with Crippen LogP contribution in [0.1, 0.15) is 90.3 Å². The molecule has 1 heterocycles. The Balaban J connectivity index is 2.13. The Hall–Kier alpha value is -2.91. The number of carbonyl (C=O) groups is 2. The summed E-state index contributed by atoms with van der Waals surface area (Å²) in [5.74, 6) is -0.568. The number of esters is 2. The van der Waals surface area contributed by atoms with E-state index in [0.717, 1.165) is 17.5 Å². The average Bonchev–Trinajstić information content (AvgIpc) is 2.74. The number of anilines is 2. The van der Waals surface area contributed by atoms with Crippen LogP contribution in [0.15, 0.2) is 24.3 Å². The maximum absolute atomic E-state index is 12.8. The number of nitrogens with two attached hydrogens (primary N) is 2. The van der Waals surface area contributed by atoms with Crippen molar-refractivity contribution in [3.63, 3.8) is 0 Å². The summed E-state index contributed by atoms with van der Waals surface area (Å²) in [7, 11) is 0. The first-order valence-corrected chi connectivity index (χ1v) is 12.8. The Morgan fingerprint density at radius 2 is 1.59 bits per heavy atom. The van der Waals surface area contributed by atoms with E-state index >= 15 is 0 Å². The van der Waals surface area contributed by atoms with Gasteiger partial charge in [0.15, 0.2) is 0 Å². The van der Waals surface area contributed by atoms with Crippen molar-refractivity contribution in [2.24, 2.45) is 0 Å². The van der Waals surface area contributed by atoms with E-state index in [4.69, 9.17) is 32.5 Å². The molecule has 204 valence electrons. The molecule has 2 atom stereocenters. The van der Waals surface area contributed by atoms with E-state index in [0.29, 0.717) is 12.1 Å². The lowest BCUT2D eigenvalue weighted by Crippen LogP contribution is -2.41. The molecule has 1 aromatic carbocycles. The second-order valence-electron chi connectivity index (χ2n) is 11.0. The maximum Gasteiger partial charge on any atom is 0.323 e.